The number of halogens is 3. The van der Waals surface area contributed by atoms with Crippen molar-refractivity contribution in [3.05, 3.63) is 60.7 Å². The van der Waals surface area contributed by atoms with Gasteiger partial charge < -0.3 is 10.2 Å². The van der Waals surface area contributed by atoms with Gasteiger partial charge in [-0.15, -0.1) is 0 Å². The van der Waals surface area contributed by atoms with Crippen molar-refractivity contribution in [2.45, 2.75) is 3.79 Å². The van der Waals surface area contributed by atoms with E-state index in [9.17, 15) is 4.79 Å². The van der Waals surface area contributed by atoms with E-state index < -0.39 is 3.79 Å². The molecule has 0 heterocycles. The van der Waals surface area contributed by atoms with Crippen molar-refractivity contribution >= 4 is 41.1 Å². The van der Waals surface area contributed by atoms with Gasteiger partial charge in [0.15, 0.2) is 6.29 Å². The van der Waals surface area contributed by atoms with Gasteiger partial charge in [0.05, 0.1) is 0 Å². The zero-order valence-electron chi connectivity index (χ0n) is 10.3. The fourth-order valence-electron chi connectivity index (χ4n) is 0.856. The Hall–Kier alpha value is -1.42. The molecule has 0 aliphatic heterocycles. The van der Waals surface area contributed by atoms with Crippen LogP contribution in [0.25, 0.3) is 0 Å². The van der Waals surface area contributed by atoms with E-state index in [-0.39, 0.29) is 6.29 Å². The third-order valence-corrected chi connectivity index (χ3v) is 1.91. The Bertz CT molecular complexity index is 433. The number of alkyl halides is 3. The summed E-state index contributed by atoms with van der Waals surface area (Å²) in [4.78, 5) is 9.43. The predicted octanol–water partition coefficient (Wildman–Crippen LogP) is 4.34. The van der Waals surface area contributed by atoms with Crippen molar-refractivity contribution in [2.75, 3.05) is 0 Å². The number of rotatable bonds is 0. The van der Waals surface area contributed by atoms with E-state index in [4.69, 9.17) is 45.0 Å². The first-order chi connectivity index (χ1) is 9.35. The number of benzene rings is 2. The Morgan fingerprint density at radius 1 is 0.750 bits per heavy atom. The largest absolute Gasteiger partial charge is 0.508 e. The molecular weight excluding hydrogens is 323 g/mol. The fraction of sp³-hybridized carbons (Fsp3) is 0.0714. The monoisotopic (exact) mass is 334 g/mol. The number of carbonyl (C=O) groups excluding carboxylic acids is 1. The summed E-state index contributed by atoms with van der Waals surface area (Å²) in [5.41, 5.74) is 0. The first-order valence-corrected chi connectivity index (χ1v) is 6.49. The van der Waals surface area contributed by atoms with Crippen LogP contribution in [0.4, 0.5) is 0 Å². The molecule has 3 nitrogen and oxygen atoms in total. The van der Waals surface area contributed by atoms with Crippen LogP contribution in [0.2, 0.25) is 0 Å². The molecule has 0 unspecified atom stereocenters. The summed E-state index contributed by atoms with van der Waals surface area (Å²) in [6.45, 7) is 0. The molecule has 0 spiro atoms. The Morgan fingerprint density at radius 2 is 1.00 bits per heavy atom. The van der Waals surface area contributed by atoms with Crippen LogP contribution in [0.1, 0.15) is 0 Å². The number of aromatic hydroxyl groups is 2. The van der Waals surface area contributed by atoms with Gasteiger partial charge in [0, 0.05) is 0 Å². The summed E-state index contributed by atoms with van der Waals surface area (Å²) in [5.74, 6) is 0.644. The van der Waals surface area contributed by atoms with Crippen LogP contribution in [0.15, 0.2) is 60.7 Å². The number of hydrogen-bond donors (Lipinski definition) is 2. The lowest BCUT2D eigenvalue weighted by Crippen LogP contribution is -2.00. The zero-order chi connectivity index (χ0) is 15.4. The Kier molecular flexibility index (Phi) is 9.64. The van der Waals surface area contributed by atoms with Crippen molar-refractivity contribution in [3.8, 4) is 11.5 Å². The second kappa shape index (κ2) is 10.4. The standard InChI is InChI=1S/2C6H6O.C2HCl3O/c2*7-6-4-2-1-3-5-6;3-2(4,5)1-6/h2*1-5,7H;1H. The Labute approximate surface area is 132 Å². The lowest BCUT2D eigenvalue weighted by atomic mass is 10.3. The van der Waals surface area contributed by atoms with E-state index in [2.05, 4.69) is 0 Å². The molecule has 2 N–H and O–H groups in total. The van der Waals surface area contributed by atoms with Crippen molar-refractivity contribution in [1.29, 1.82) is 0 Å². The molecule has 0 radical (unpaired) electrons. The Morgan fingerprint density at radius 3 is 1.10 bits per heavy atom. The molecular formula is C14H13Cl3O3. The van der Waals surface area contributed by atoms with Crippen LogP contribution in [0, 0.1) is 0 Å². The van der Waals surface area contributed by atoms with Gasteiger partial charge >= 0.3 is 0 Å². The van der Waals surface area contributed by atoms with Gasteiger partial charge in [0.25, 0.3) is 0 Å². The highest BCUT2D eigenvalue weighted by Gasteiger charge is 2.16. The lowest BCUT2D eigenvalue weighted by Gasteiger charge is -1.93. The number of phenols is 2. The zero-order valence-corrected chi connectivity index (χ0v) is 12.6. The van der Waals surface area contributed by atoms with Crippen LogP contribution in [-0.2, 0) is 4.79 Å². The SMILES string of the molecule is O=CC(Cl)(Cl)Cl.Oc1ccccc1.Oc1ccccc1. The second-order valence-electron chi connectivity index (χ2n) is 3.33. The third kappa shape index (κ3) is 13.0. The highest BCUT2D eigenvalue weighted by atomic mass is 35.6. The smallest absolute Gasteiger partial charge is 0.245 e. The molecule has 0 bridgehead atoms. The van der Waals surface area contributed by atoms with E-state index >= 15 is 0 Å². The average molecular weight is 336 g/mol. The lowest BCUT2D eigenvalue weighted by molar-refractivity contribution is -0.107. The number of carbonyl (C=O) groups is 1. The van der Waals surface area contributed by atoms with E-state index in [1.165, 1.54) is 0 Å². The van der Waals surface area contributed by atoms with Gasteiger partial charge in [-0.25, -0.2) is 0 Å². The molecule has 20 heavy (non-hydrogen) atoms. The minimum atomic E-state index is -1.72. The molecule has 0 fully saturated rings. The van der Waals surface area contributed by atoms with Crippen molar-refractivity contribution in [3.63, 3.8) is 0 Å². The molecule has 2 aromatic rings. The van der Waals surface area contributed by atoms with Gasteiger partial charge in [0.1, 0.15) is 11.5 Å². The van der Waals surface area contributed by atoms with Crippen LogP contribution < -0.4 is 0 Å². The fourth-order valence-corrected chi connectivity index (χ4v) is 0.856. The van der Waals surface area contributed by atoms with Crippen molar-refractivity contribution in [2.24, 2.45) is 0 Å². The van der Waals surface area contributed by atoms with Gasteiger partial charge in [0.2, 0.25) is 3.79 Å². The summed E-state index contributed by atoms with van der Waals surface area (Å²) in [6, 6.07) is 17.4. The topological polar surface area (TPSA) is 57.5 Å². The average Bonchev–Trinajstić information content (AvgIpc) is 2.41. The van der Waals surface area contributed by atoms with E-state index in [1.807, 2.05) is 12.1 Å². The quantitative estimate of drug-likeness (QED) is 0.556. The minimum absolute atomic E-state index is 0.234. The molecule has 2 aromatic carbocycles. The maximum absolute atomic E-state index is 9.43. The van der Waals surface area contributed by atoms with Crippen molar-refractivity contribution in [1.82, 2.24) is 0 Å². The summed E-state index contributed by atoms with van der Waals surface area (Å²) in [7, 11) is 0. The highest BCUT2D eigenvalue weighted by molar-refractivity contribution is 6.74. The maximum atomic E-state index is 9.43. The molecule has 0 amide bonds. The first-order valence-electron chi connectivity index (χ1n) is 5.36. The van der Waals surface area contributed by atoms with E-state index in [0.29, 0.717) is 11.5 Å². The van der Waals surface area contributed by atoms with Crippen LogP contribution >= 0.6 is 34.8 Å². The predicted molar refractivity (Wildman–Crippen MR) is 82.6 cm³/mol. The number of phenolic OH excluding ortho intramolecular Hbond substituents is 2. The molecule has 0 atom stereocenters. The van der Waals surface area contributed by atoms with Crippen LogP contribution in [0.3, 0.4) is 0 Å². The van der Waals surface area contributed by atoms with E-state index in [0.717, 1.165) is 0 Å². The number of para-hydroxylation sites is 2. The number of hydrogen-bond acceptors (Lipinski definition) is 3. The summed E-state index contributed by atoms with van der Waals surface area (Å²) in [6.07, 6.45) is 0.234. The summed E-state index contributed by atoms with van der Waals surface area (Å²) >= 11 is 14.6. The molecule has 0 aliphatic rings. The third-order valence-electron chi connectivity index (χ3n) is 1.65. The van der Waals surface area contributed by atoms with Gasteiger partial charge in [-0.3, -0.25) is 4.79 Å². The highest BCUT2D eigenvalue weighted by Crippen LogP contribution is 2.21. The molecule has 0 aliphatic carbocycles. The molecule has 108 valence electrons. The Balaban J connectivity index is 0.000000272. The van der Waals surface area contributed by atoms with Crippen molar-refractivity contribution < 1.29 is 15.0 Å². The van der Waals surface area contributed by atoms with Gasteiger partial charge in [-0.05, 0) is 24.3 Å². The molecule has 0 saturated carbocycles. The molecule has 0 aromatic heterocycles. The minimum Gasteiger partial charge on any atom is -0.508 e. The van der Waals surface area contributed by atoms with Crippen LogP contribution in [0.5, 0.6) is 11.5 Å². The van der Waals surface area contributed by atoms with Gasteiger partial charge in [-0.1, -0.05) is 71.2 Å². The normalized spacial score (nSPS) is 9.35. The summed E-state index contributed by atoms with van der Waals surface area (Å²) in [5, 5.41) is 17.3. The molecule has 6 heteroatoms. The first kappa shape index (κ1) is 18.6. The second-order valence-corrected chi connectivity index (χ2v) is 5.70. The summed E-state index contributed by atoms with van der Waals surface area (Å²) < 4.78 is -1.72. The molecule has 2 rings (SSSR count). The van der Waals surface area contributed by atoms with Gasteiger partial charge in [-0.2, -0.15) is 0 Å². The van der Waals surface area contributed by atoms with E-state index in [1.54, 1.807) is 48.5 Å². The number of aldehydes is 1. The molecule has 0 saturated heterocycles. The van der Waals surface area contributed by atoms with Crippen LogP contribution in [-0.4, -0.2) is 20.3 Å². The maximum Gasteiger partial charge on any atom is 0.245 e.